The van der Waals surface area contributed by atoms with E-state index in [0.717, 1.165) is 38.4 Å². The molecule has 0 saturated heterocycles. The Hall–Kier alpha value is -1.20. The van der Waals surface area contributed by atoms with Crippen molar-refractivity contribution in [3.05, 3.63) is 17.6 Å². The van der Waals surface area contributed by atoms with Crippen LogP contribution in [0.1, 0.15) is 17.7 Å². The van der Waals surface area contributed by atoms with Crippen molar-refractivity contribution in [3.8, 4) is 0 Å². The van der Waals surface area contributed by atoms with Crippen LogP contribution in [0.25, 0.3) is 0 Å². The van der Waals surface area contributed by atoms with E-state index in [2.05, 4.69) is 20.2 Å². The molecule has 1 aliphatic carbocycles. The number of rotatable bonds is 7. The molecule has 1 aliphatic rings. The van der Waals surface area contributed by atoms with E-state index in [0.29, 0.717) is 6.61 Å². The summed E-state index contributed by atoms with van der Waals surface area (Å²) < 4.78 is 5.54. The molecule has 0 fully saturated rings. The lowest BCUT2D eigenvalue weighted by molar-refractivity contribution is 0.126. The number of aromatic nitrogens is 2. The average Bonchev–Trinajstić information content (AvgIpc) is 2.82. The molecule has 100 valence electrons. The maximum Gasteiger partial charge on any atom is 0.132 e. The fourth-order valence-electron chi connectivity index (χ4n) is 2.10. The lowest BCUT2D eigenvalue weighted by Gasteiger charge is -2.11. The Kier molecular flexibility index (Phi) is 4.90. The minimum absolute atomic E-state index is 0.715. The Morgan fingerprint density at radius 1 is 1.28 bits per heavy atom. The highest BCUT2D eigenvalue weighted by atomic mass is 16.5. The van der Waals surface area contributed by atoms with Gasteiger partial charge in [0.15, 0.2) is 0 Å². The smallest absolute Gasteiger partial charge is 0.132 e. The zero-order valence-corrected chi connectivity index (χ0v) is 11.3. The van der Waals surface area contributed by atoms with E-state index in [9.17, 15) is 0 Å². The summed E-state index contributed by atoms with van der Waals surface area (Å²) in [4.78, 5) is 10.7. The molecule has 1 heterocycles. The van der Waals surface area contributed by atoms with E-state index in [4.69, 9.17) is 4.74 Å². The van der Waals surface area contributed by atoms with Gasteiger partial charge in [0.2, 0.25) is 0 Å². The van der Waals surface area contributed by atoms with Crippen LogP contribution < -0.4 is 5.32 Å². The van der Waals surface area contributed by atoms with E-state index in [1.54, 1.807) is 6.33 Å². The first-order valence-electron chi connectivity index (χ1n) is 6.56. The summed E-state index contributed by atoms with van der Waals surface area (Å²) in [6, 6.07) is 0. The number of ether oxygens (including phenoxy) is 1. The van der Waals surface area contributed by atoms with Gasteiger partial charge < -0.3 is 15.0 Å². The lowest BCUT2D eigenvalue weighted by Crippen LogP contribution is -2.20. The third-order valence-corrected chi connectivity index (χ3v) is 3.10. The Labute approximate surface area is 109 Å². The van der Waals surface area contributed by atoms with E-state index in [1.165, 1.54) is 17.7 Å². The van der Waals surface area contributed by atoms with Crippen LogP contribution in [0, 0.1) is 0 Å². The molecule has 0 radical (unpaired) electrons. The Morgan fingerprint density at radius 2 is 2.17 bits per heavy atom. The van der Waals surface area contributed by atoms with E-state index >= 15 is 0 Å². The van der Waals surface area contributed by atoms with Crippen molar-refractivity contribution in [3.63, 3.8) is 0 Å². The van der Waals surface area contributed by atoms with Crippen molar-refractivity contribution in [1.82, 2.24) is 14.9 Å². The summed E-state index contributed by atoms with van der Waals surface area (Å²) in [5, 5.41) is 3.34. The summed E-state index contributed by atoms with van der Waals surface area (Å²) in [6.07, 6.45) is 5.04. The summed E-state index contributed by atoms with van der Waals surface area (Å²) in [6.45, 7) is 3.25. The molecule has 0 spiro atoms. The lowest BCUT2D eigenvalue weighted by atomic mass is 10.2. The highest BCUT2D eigenvalue weighted by molar-refractivity contribution is 5.47. The highest BCUT2D eigenvalue weighted by Crippen LogP contribution is 2.24. The largest absolute Gasteiger partial charge is 0.378 e. The predicted octanol–water partition coefficient (Wildman–Crippen LogP) is 0.955. The van der Waals surface area contributed by atoms with Gasteiger partial charge in [0.25, 0.3) is 0 Å². The molecule has 1 N–H and O–H groups in total. The molecule has 2 rings (SSSR count). The Morgan fingerprint density at radius 3 is 3.00 bits per heavy atom. The third-order valence-electron chi connectivity index (χ3n) is 3.10. The first kappa shape index (κ1) is 13.2. The van der Waals surface area contributed by atoms with Gasteiger partial charge in [0.1, 0.15) is 12.1 Å². The van der Waals surface area contributed by atoms with Gasteiger partial charge in [-0.05, 0) is 33.4 Å². The van der Waals surface area contributed by atoms with Crippen LogP contribution in [0.2, 0.25) is 0 Å². The van der Waals surface area contributed by atoms with Crippen molar-refractivity contribution in [1.29, 1.82) is 0 Å². The minimum atomic E-state index is 0.715. The molecule has 0 bridgehead atoms. The van der Waals surface area contributed by atoms with Crippen LogP contribution in [0.5, 0.6) is 0 Å². The maximum absolute atomic E-state index is 5.54. The average molecular weight is 250 g/mol. The molecule has 0 aliphatic heterocycles. The molecule has 0 amide bonds. The van der Waals surface area contributed by atoms with Crippen molar-refractivity contribution in [2.75, 3.05) is 45.7 Å². The number of likely N-dealkylation sites (N-methyl/N-ethyl adjacent to an activating group) is 1. The first-order valence-corrected chi connectivity index (χ1v) is 6.56. The van der Waals surface area contributed by atoms with Gasteiger partial charge in [-0.2, -0.15) is 0 Å². The molecular weight excluding hydrogens is 228 g/mol. The number of hydrogen-bond acceptors (Lipinski definition) is 5. The van der Waals surface area contributed by atoms with Crippen molar-refractivity contribution >= 4 is 5.82 Å². The molecule has 0 saturated carbocycles. The van der Waals surface area contributed by atoms with E-state index < -0.39 is 0 Å². The minimum Gasteiger partial charge on any atom is -0.378 e. The molecule has 18 heavy (non-hydrogen) atoms. The first-order chi connectivity index (χ1) is 8.77. The highest BCUT2D eigenvalue weighted by Gasteiger charge is 2.16. The number of anilines is 1. The quantitative estimate of drug-likeness (QED) is 0.730. The Bertz CT molecular complexity index is 381. The second kappa shape index (κ2) is 6.66. The van der Waals surface area contributed by atoms with E-state index in [1.807, 2.05) is 14.1 Å². The van der Waals surface area contributed by atoms with Gasteiger partial charge in [-0.1, -0.05) is 0 Å². The summed E-state index contributed by atoms with van der Waals surface area (Å²) in [5.74, 6) is 0.994. The molecule has 0 unspecified atom stereocenters. The SMILES string of the molecule is CN(C)CCOCCNc1ncnc2c1CCC2. The van der Waals surface area contributed by atoms with E-state index in [-0.39, 0.29) is 0 Å². The number of aryl methyl sites for hydroxylation is 1. The molecule has 1 aromatic heterocycles. The van der Waals surface area contributed by atoms with Crippen LogP contribution in [-0.4, -0.2) is 55.3 Å². The van der Waals surface area contributed by atoms with Crippen molar-refractivity contribution in [2.45, 2.75) is 19.3 Å². The molecule has 0 aromatic carbocycles. The monoisotopic (exact) mass is 250 g/mol. The standard InChI is InChI=1S/C13H22N4O/c1-17(2)7-9-18-8-6-14-13-11-4-3-5-12(11)15-10-16-13/h10H,3-9H2,1-2H3,(H,14,15,16). The van der Waals surface area contributed by atoms with Gasteiger partial charge >= 0.3 is 0 Å². The topological polar surface area (TPSA) is 50.3 Å². The number of nitrogens with zero attached hydrogens (tertiary/aromatic N) is 3. The van der Waals surface area contributed by atoms with Crippen LogP contribution in [-0.2, 0) is 17.6 Å². The molecule has 5 heteroatoms. The van der Waals surface area contributed by atoms with Gasteiger partial charge in [0.05, 0.1) is 13.2 Å². The zero-order valence-electron chi connectivity index (χ0n) is 11.3. The number of fused-ring (bicyclic) bond motifs is 1. The number of hydrogen-bond donors (Lipinski definition) is 1. The van der Waals surface area contributed by atoms with Crippen LogP contribution >= 0.6 is 0 Å². The van der Waals surface area contributed by atoms with Gasteiger partial charge in [-0.15, -0.1) is 0 Å². The fraction of sp³-hybridized carbons (Fsp3) is 0.692. The van der Waals surface area contributed by atoms with Gasteiger partial charge in [0, 0.05) is 24.3 Å². The fourth-order valence-corrected chi connectivity index (χ4v) is 2.10. The second-order valence-corrected chi connectivity index (χ2v) is 4.84. The van der Waals surface area contributed by atoms with Crippen LogP contribution in [0.15, 0.2) is 6.33 Å². The summed E-state index contributed by atoms with van der Waals surface area (Å²) in [5.41, 5.74) is 2.51. The molecule has 0 atom stereocenters. The molecular formula is C13H22N4O. The third kappa shape index (κ3) is 3.65. The maximum atomic E-state index is 5.54. The van der Waals surface area contributed by atoms with Crippen LogP contribution in [0.4, 0.5) is 5.82 Å². The Balaban J connectivity index is 1.70. The predicted molar refractivity (Wildman–Crippen MR) is 71.9 cm³/mol. The second-order valence-electron chi connectivity index (χ2n) is 4.84. The summed E-state index contributed by atoms with van der Waals surface area (Å²) in [7, 11) is 4.09. The zero-order chi connectivity index (χ0) is 12.8. The van der Waals surface area contributed by atoms with Crippen LogP contribution in [0.3, 0.4) is 0 Å². The number of nitrogens with one attached hydrogen (secondary N) is 1. The molecule has 5 nitrogen and oxygen atoms in total. The van der Waals surface area contributed by atoms with Gasteiger partial charge in [-0.25, -0.2) is 9.97 Å². The van der Waals surface area contributed by atoms with Gasteiger partial charge in [-0.3, -0.25) is 0 Å². The van der Waals surface area contributed by atoms with Crippen molar-refractivity contribution < 1.29 is 4.74 Å². The molecule has 1 aromatic rings. The van der Waals surface area contributed by atoms with Crippen molar-refractivity contribution in [2.24, 2.45) is 0 Å². The normalized spacial score (nSPS) is 13.9. The summed E-state index contributed by atoms with van der Waals surface area (Å²) >= 11 is 0.